The van der Waals surface area contributed by atoms with Crippen molar-refractivity contribution < 1.29 is 49.0 Å². The third-order valence-electron chi connectivity index (χ3n) is 9.47. The lowest BCUT2D eigenvalue weighted by atomic mass is 9.95. The lowest BCUT2D eigenvalue weighted by molar-refractivity contribution is -0.201. The zero-order valence-electron chi connectivity index (χ0n) is 24.7. The predicted molar refractivity (Wildman–Crippen MR) is 150 cm³/mol. The molecule has 0 radical (unpaired) electrons. The molecule has 0 saturated carbocycles. The van der Waals surface area contributed by atoms with Gasteiger partial charge in [0.05, 0.1) is 22.8 Å². The number of nitrogen functional groups attached to an aromatic ring is 1. The van der Waals surface area contributed by atoms with E-state index in [2.05, 4.69) is 20.3 Å². The van der Waals surface area contributed by atoms with Crippen LogP contribution >= 0.6 is 0 Å². The minimum Gasteiger partial charge on any atom is -0.462 e. The van der Waals surface area contributed by atoms with Crippen molar-refractivity contribution >= 4 is 22.4 Å². The van der Waals surface area contributed by atoms with Crippen LogP contribution in [0.4, 0.5) is 51.0 Å². The van der Waals surface area contributed by atoms with E-state index in [-0.39, 0.29) is 45.0 Å². The zero-order valence-corrected chi connectivity index (χ0v) is 24.7. The van der Waals surface area contributed by atoms with Crippen LogP contribution in [0.15, 0.2) is 6.07 Å². The maximum Gasteiger partial charge on any atom is 0.427 e. The molecule has 47 heavy (non-hydrogen) atoms. The smallest absolute Gasteiger partial charge is 0.427 e. The average molecular weight is 678 g/mol. The molecule has 18 heteroatoms. The van der Waals surface area contributed by atoms with Gasteiger partial charge in [-0.2, -0.15) is 36.3 Å². The van der Waals surface area contributed by atoms with Gasteiger partial charge in [0.2, 0.25) is 12.0 Å². The number of alkyl halides is 7. The second-order valence-corrected chi connectivity index (χ2v) is 12.4. The van der Waals surface area contributed by atoms with E-state index in [4.69, 9.17) is 15.2 Å². The molecule has 0 bridgehead atoms. The van der Waals surface area contributed by atoms with Gasteiger partial charge in [0.15, 0.2) is 5.82 Å². The first-order valence-electron chi connectivity index (χ1n) is 14.9. The summed E-state index contributed by atoms with van der Waals surface area (Å²) in [4.78, 5) is 15.6. The summed E-state index contributed by atoms with van der Waals surface area (Å²) < 4.78 is 143. The molecule has 3 saturated heterocycles. The van der Waals surface area contributed by atoms with E-state index in [9.17, 15) is 35.1 Å². The molecule has 9 nitrogen and oxygen atoms in total. The quantitative estimate of drug-likeness (QED) is 0.294. The van der Waals surface area contributed by atoms with Crippen molar-refractivity contribution in [3.63, 3.8) is 0 Å². The monoisotopic (exact) mass is 677 g/mol. The van der Waals surface area contributed by atoms with Crippen LogP contribution in [0.5, 0.6) is 11.9 Å². The van der Waals surface area contributed by atoms with Crippen molar-refractivity contribution in [2.45, 2.75) is 62.4 Å². The summed E-state index contributed by atoms with van der Waals surface area (Å²) in [5, 5.41) is 2.45. The van der Waals surface area contributed by atoms with E-state index in [1.807, 2.05) is 4.90 Å². The number of anilines is 2. The maximum atomic E-state index is 16.6. The largest absolute Gasteiger partial charge is 0.462 e. The Morgan fingerprint density at radius 1 is 1.11 bits per heavy atom. The van der Waals surface area contributed by atoms with Crippen molar-refractivity contribution in [3.8, 4) is 23.1 Å². The van der Waals surface area contributed by atoms with Gasteiger partial charge in [0.1, 0.15) is 41.0 Å². The lowest BCUT2D eigenvalue weighted by Crippen LogP contribution is -2.61. The minimum absolute atomic E-state index is 0.0396. The number of aromatic nitrogens is 3. The lowest BCUT2D eigenvalue weighted by Gasteiger charge is -2.39. The van der Waals surface area contributed by atoms with E-state index in [0.29, 0.717) is 19.0 Å². The van der Waals surface area contributed by atoms with E-state index in [1.54, 1.807) is 0 Å². The molecule has 0 amide bonds. The number of fused-ring (bicyclic) bond motifs is 3. The fourth-order valence-corrected chi connectivity index (χ4v) is 7.40. The van der Waals surface area contributed by atoms with Crippen LogP contribution in [0.25, 0.3) is 22.2 Å². The fraction of sp³-hybridized carbons (Fsp3) is 0.552. The predicted octanol–water partition coefficient (Wildman–Crippen LogP) is 4.94. The SMILES string of the molecule is Cc1c(F)c(N)cc(-c2nc3c4c(nc(OC[C@@]56CCCN5C[C@H](F)C6)nc4c2F)N2CCNC[C@@H]2C(C(F)(F)F)O3)c1C(F)(F)F. The van der Waals surface area contributed by atoms with E-state index in [1.165, 1.54) is 4.90 Å². The number of pyridine rings is 1. The van der Waals surface area contributed by atoms with Crippen molar-refractivity contribution in [1.29, 1.82) is 0 Å². The summed E-state index contributed by atoms with van der Waals surface area (Å²) in [6.07, 6.45) is -12.4. The van der Waals surface area contributed by atoms with Crippen LogP contribution in [-0.4, -0.2) is 89.2 Å². The van der Waals surface area contributed by atoms with Crippen molar-refractivity contribution in [2.75, 3.05) is 50.0 Å². The Morgan fingerprint density at radius 3 is 2.60 bits per heavy atom. The minimum atomic E-state index is -5.25. The normalized spacial score (nSPS) is 26.3. The molecular weight excluding hydrogens is 649 g/mol. The molecule has 3 aromatic rings. The first-order chi connectivity index (χ1) is 22.1. The van der Waals surface area contributed by atoms with Crippen molar-refractivity contribution in [3.05, 3.63) is 28.8 Å². The van der Waals surface area contributed by atoms with Crippen LogP contribution in [0.3, 0.4) is 0 Å². The summed E-state index contributed by atoms with van der Waals surface area (Å²) in [6.45, 7) is 1.42. The average Bonchev–Trinajstić information content (AvgIpc) is 3.47. The summed E-state index contributed by atoms with van der Waals surface area (Å²) in [7, 11) is 0. The Hall–Kier alpha value is -3.80. The number of piperazine rings is 1. The number of benzene rings is 1. The highest BCUT2D eigenvalue weighted by molar-refractivity contribution is 5.97. The van der Waals surface area contributed by atoms with Gasteiger partial charge in [0, 0.05) is 38.2 Å². The highest BCUT2D eigenvalue weighted by Crippen LogP contribution is 2.48. The van der Waals surface area contributed by atoms with Gasteiger partial charge in [0.25, 0.3) is 0 Å². The number of rotatable bonds is 4. The van der Waals surface area contributed by atoms with Crippen LogP contribution in [-0.2, 0) is 6.18 Å². The number of nitrogens with one attached hydrogen (secondary N) is 1. The maximum absolute atomic E-state index is 16.6. The number of nitrogens with zero attached hydrogens (tertiary/aromatic N) is 5. The second-order valence-electron chi connectivity index (χ2n) is 12.4. The van der Waals surface area contributed by atoms with Crippen LogP contribution in [0.2, 0.25) is 0 Å². The van der Waals surface area contributed by atoms with Crippen LogP contribution in [0, 0.1) is 18.6 Å². The van der Waals surface area contributed by atoms with Gasteiger partial charge >= 0.3 is 18.4 Å². The van der Waals surface area contributed by atoms with Gasteiger partial charge in [-0.1, -0.05) is 0 Å². The molecule has 6 heterocycles. The summed E-state index contributed by atoms with van der Waals surface area (Å²) in [6, 6.07) is -1.41. The zero-order chi connectivity index (χ0) is 33.6. The molecule has 3 fully saturated rings. The Bertz CT molecular complexity index is 1750. The van der Waals surface area contributed by atoms with E-state index < -0.39 is 98.7 Å². The number of hydrogen-bond donors (Lipinski definition) is 2. The van der Waals surface area contributed by atoms with Gasteiger partial charge in [-0.3, -0.25) is 4.90 Å². The highest BCUT2D eigenvalue weighted by atomic mass is 19.4. The first kappa shape index (κ1) is 31.8. The van der Waals surface area contributed by atoms with Gasteiger partial charge in [-0.05, 0) is 37.9 Å². The van der Waals surface area contributed by atoms with Gasteiger partial charge in [-0.15, -0.1) is 0 Å². The number of ether oxygens (including phenoxy) is 2. The Kier molecular flexibility index (Phi) is 7.35. The Labute approximate surface area is 261 Å². The second kappa shape index (κ2) is 10.9. The third kappa shape index (κ3) is 5.14. The summed E-state index contributed by atoms with van der Waals surface area (Å²) in [5.41, 5.74) is -1.29. The highest BCUT2D eigenvalue weighted by Gasteiger charge is 2.53. The standard InChI is InChI=1S/C29H28F9N7O2/c1-12-18(28(33,34)35)14(7-15(39)19(12)31)21-20(32)22-17-24(43-26(42-22)46-11-27-3-2-5-44(27)10-13(30)8-27)45-6-4-40-9-16(45)23(29(36,37)38)47-25(17)41-21/h7,13,16,23,40H,2-6,8-11,39H2,1H3/t13-,16-,23?,27+/m1/s1. The van der Waals surface area contributed by atoms with Crippen LogP contribution in [0.1, 0.15) is 30.4 Å². The topological polar surface area (TPSA) is 102 Å². The van der Waals surface area contributed by atoms with Gasteiger partial charge < -0.3 is 25.4 Å². The van der Waals surface area contributed by atoms with E-state index in [0.717, 1.165) is 13.3 Å². The molecule has 4 atom stereocenters. The molecule has 1 aromatic carbocycles. The molecule has 4 aliphatic rings. The molecule has 1 unspecified atom stereocenters. The van der Waals surface area contributed by atoms with Gasteiger partial charge in [-0.25, -0.2) is 18.2 Å². The fourth-order valence-electron chi connectivity index (χ4n) is 7.40. The Morgan fingerprint density at radius 2 is 1.87 bits per heavy atom. The van der Waals surface area contributed by atoms with Crippen molar-refractivity contribution in [2.24, 2.45) is 0 Å². The summed E-state index contributed by atoms with van der Waals surface area (Å²) >= 11 is 0. The van der Waals surface area contributed by atoms with E-state index >= 15 is 4.39 Å². The molecule has 3 N–H and O–H groups in total. The number of nitrogens with two attached hydrogens (primary N) is 1. The Balaban J connectivity index is 1.46. The molecule has 0 spiro atoms. The van der Waals surface area contributed by atoms with Crippen LogP contribution < -0.4 is 25.4 Å². The number of halogens is 9. The molecular formula is C29H28F9N7O2. The number of hydrogen-bond acceptors (Lipinski definition) is 9. The molecule has 254 valence electrons. The molecule has 0 aliphatic carbocycles. The third-order valence-corrected chi connectivity index (χ3v) is 9.47. The molecule has 2 aromatic heterocycles. The molecule has 7 rings (SSSR count). The summed E-state index contributed by atoms with van der Waals surface area (Å²) in [5.74, 6) is -3.97. The molecule has 4 aliphatic heterocycles. The van der Waals surface area contributed by atoms with Crippen molar-refractivity contribution in [1.82, 2.24) is 25.2 Å². The first-order valence-corrected chi connectivity index (χ1v) is 14.9.